The Kier molecular flexibility index (Phi) is 8.80. The molecule has 0 radical (unpaired) electrons. The summed E-state index contributed by atoms with van der Waals surface area (Å²) in [6.07, 6.45) is -1.15. The maximum atomic E-state index is 12.6. The number of carbonyl (C=O) groups is 2. The molecule has 2 aromatic rings. The van der Waals surface area contributed by atoms with Gasteiger partial charge >= 0.3 is 18.2 Å². The fraction of sp³-hybridized carbons (Fsp3) is 0.560. The van der Waals surface area contributed by atoms with Crippen LogP contribution in [-0.4, -0.2) is 73.2 Å². The number of ether oxygens (including phenoxy) is 2. The number of nitrogens with one attached hydrogen (secondary N) is 2. The van der Waals surface area contributed by atoms with Gasteiger partial charge < -0.3 is 34.6 Å². The van der Waals surface area contributed by atoms with E-state index >= 15 is 0 Å². The SMILES string of the molecule is COc1ccc(C23CCC(NC(=O)Nc4c(C)noc4C)CC2N(C)CC3)cc1OC.O=C(O)C(F)(F)F. The monoisotopic (exact) mass is 542 g/mol. The summed E-state index contributed by atoms with van der Waals surface area (Å²) in [6, 6.07) is 6.55. The number of aromatic nitrogens is 1. The minimum atomic E-state index is -5.08. The lowest BCUT2D eigenvalue weighted by molar-refractivity contribution is -0.192. The molecule has 2 amide bonds. The first-order chi connectivity index (χ1) is 17.8. The number of nitrogens with zero attached hydrogens (tertiary/aromatic N) is 2. The standard InChI is InChI=1S/C23H32N4O4.C2HF3O2/c1-14-21(15(2)31-26-14)25-22(28)24-17-8-9-23(10-11-27(3)20(23)13-17)16-6-7-18(29-4)19(12-16)30-5;3-2(4,5)1(6)7/h6-7,12,17,20H,8-11,13H2,1-5H3,(H2,24,25,28);(H,6,7). The quantitative estimate of drug-likeness (QED) is 0.512. The molecule has 4 rings (SSSR count). The van der Waals surface area contributed by atoms with Crippen LogP contribution in [0.4, 0.5) is 23.7 Å². The number of fused-ring (bicyclic) bond motifs is 1. The van der Waals surface area contributed by atoms with Crippen molar-refractivity contribution >= 4 is 17.7 Å². The van der Waals surface area contributed by atoms with Crippen molar-refractivity contribution in [3.05, 3.63) is 35.2 Å². The summed E-state index contributed by atoms with van der Waals surface area (Å²) in [5.41, 5.74) is 2.67. The molecule has 1 saturated heterocycles. The van der Waals surface area contributed by atoms with Crippen LogP contribution in [0.15, 0.2) is 22.7 Å². The van der Waals surface area contributed by atoms with Crippen molar-refractivity contribution < 1.29 is 41.9 Å². The van der Waals surface area contributed by atoms with Gasteiger partial charge in [0, 0.05) is 17.5 Å². The summed E-state index contributed by atoms with van der Waals surface area (Å²) in [5.74, 6) is -0.634. The predicted octanol–water partition coefficient (Wildman–Crippen LogP) is 4.26. The molecule has 3 unspecified atom stereocenters. The van der Waals surface area contributed by atoms with Crippen LogP contribution in [-0.2, 0) is 10.2 Å². The highest BCUT2D eigenvalue weighted by Crippen LogP contribution is 2.49. The molecule has 1 aromatic carbocycles. The van der Waals surface area contributed by atoms with Crippen molar-refractivity contribution in [2.75, 3.05) is 33.1 Å². The highest BCUT2D eigenvalue weighted by Gasteiger charge is 2.50. The summed E-state index contributed by atoms with van der Waals surface area (Å²) in [7, 11) is 5.52. The highest BCUT2D eigenvalue weighted by molar-refractivity contribution is 5.90. The third-order valence-electron chi connectivity index (χ3n) is 7.34. The Labute approximate surface area is 218 Å². The second kappa shape index (κ2) is 11.5. The zero-order valence-electron chi connectivity index (χ0n) is 21.9. The minimum absolute atomic E-state index is 0.0601. The van der Waals surface area contributed by atoms with E-state index in [4.69, 9.17) is 23.9 Å². The number of alkyl halides is 3. The molecule has 1 aliphatic carbocycles. The normalized spacial score (nSPS) is 23.1. The zero-order valence-corrected chi connectivity index (χ0v) is 21.9. The second-order valence-electron chi connectivity index (χ2n) is 9.54. The Morgan fingerprint density at radius 2 is 1.84 bits per heavy atom. The highest BCUT2D eigenvalue weighted by atomic mass is 19.4. The predicted molar refractivity (Wildman–Crippen MR) is 132 cm³/mol. The van der Waals surface area contributed by atoms with Gasteiger partial charge in [-0.1, -0.05) is 11.2 Å². The largest absolute Gasteiger partial charge is 0.493 e. The van der Waals surface area contributed by atoms with Crippen molar-refractivity contribution in [1.29, 1.82) is 0 Å². The van der Waals surface area contributed by atoms with Crippen molar-refractivity contribution in [2.45, 2.75) is 63.2 Å². The van der Waals surface area contributed by atoms with Gasteiger partial charge in [0.25, 0.3) is 0 Å². The number of carboxylic acids is 1. The van der Waals surface area contributed by atoms with Crippen LogP contribution in [0, 0.1) is 13.8 Å². The van der Waals surface area contributed by atoms with Crippen LogP contribution in [0.3, 0.4) is 0 Å². The summed E-state index contributed by atoms with van der Waals surface area (Å²) < 4.78 is 47.9. The van der Waals surface area contributed by atoms with Crippen LogP contribution in [0.2, 0.25) is 0 Å². The molecule has 13 heteroatoms. The number of carbonyl (C=O) groups excluding carboxylic acids is 1. The fourth-order valence-electron chi connectivity index (χ4n) is 5.39. The molecule has 3 atom stereocenters. The molecule has 2 fully saturated rings. The number of likely N-dealkylation sites (tertiary alicyclic amines) is 1. The Morgan fingerprint density at radius 1 is 1.18 bits per heavy atom. The Bertz CT molecular complexity index is 1140. The fourth-order valence-corrected chi connectivity index (χ4v) is 5.39. The van der Waals surface area contributed by atoms with E-state index < -0.39 is 12.1 Å². The van der Waals surface area contributed by atoms with E-state index in [9.17, 15) is 18.0 Å². The van der Waals surface area contributed by atoms with E-state index in [1.54, 1.807) is 21.1 Å². The minimum Gasteiger partial charge on any atom is -0.493 e. The Morgan fingerprint density at radius 3 is 2.39 bits per heavy atom. The second-order valence-corrected chi connectivity index (χ2v) is 9.54. The number of amides is 2. The molecule has 10 nitrogen and oxygen atoms in total. The van der Waals surface area contributed by atoms with Gasteiger partial charge in [-0.05, 0) is 70.8 Å². The van der Waals surface area contributed by atoms with Gasteiger partial charge in [0.05, 0.1) is 14.2 Å². The van der Waals surface area contributed by atoms with Crippen molar-refractivity contribution in [2.24, 2.45) is 0 Å². The molecular formula is C25H33F3N4O6. The van der Waals surface area contributed by atoms with E-state index in [0.29, 0.717) is 23.2 Å². The summed E-state index contributed by atoms with van der Waals surface area (Å²) in [4.78, 5) is 23.9. The first kappa shape index (κ1) is 29.1. The van der Waals surface area contributed by atoms with E-state index in [-0.39, 0.29) is 17.5 Å². The number of likely N-dealkylation sites (N-methyl/N-ethyl adjacent to an activating group) is 1. The number of benzene rings is 1. The van der Waals surface area contributed by atoms with Gasteiger partial charge in [0.15, 0.2) is 17.3 Å². The smallest absolute Gasteiger partial charge is 0.490 e. The molecule has 0 spiro atoms. The lowest BCUT2D eigenvalue weighted by atomic mass is 9.65. The summed E-state index contributed by atoms with van der Waals surface area (Å²) in [5, 5.41) is 17.1. The van der Waals surface area contributed by atoms with Crippen LogP contribution < -0.4 is 20.1 Å². The first-order valence-electron chi connectivity index (χ1n) is 12.1. The van der Waals surface area contributed by atoms with E-state index in [0.717, 1.165) is 43.7 Å². The number of aryl methyl sites for hydroxylation is 2. The molecule has 38 heavy (non-hydrogen) atoms. The van der Waals surface area contributed by atoms with Gasteiger partial charge in [-0.25, -0.2) is 9.59 Å². The number of anilines is 1. The number of hydrogen-bond donors (Lipinski definition) is 3. The molecule has 1 aliphatic heterocycles. The van der Waals surface area contributed by atoms with E-state index in [1.807, 2.05) is 13.0 Å². The van der Waals surface area contributed by atoms with Crippen LogP contribution in [0.25, 0.3) is 0 Å². The average molecular weight is 543 g/mol. The third-order valence-corrected chi connectivity index (χ3v) is 7.34. The van der Waals surface area contributed by atoms with Crippen LogP contribution >= 0.6 is 0 Å². The number of carboxylic acid groups (broad SMARTS) is 1. The molecule has 1 aromatic heterocycles. The lowest BCUT2D eigenvalue weighted by Gasteiger charge is -2.45. The molecule has 3 N–H and O–H groups in total. The summed E-state index contributed by atoms with van der Waals surface area (Å²) in [6.45, 7) is 4.65. The molecule has 2 aliphatic rings. The third kappa shape index (κ3) is 6.14. The molecule has 210 valence electrons. The number of aliphatic carboxylic acids is 1. The van der Waals surface area contributed by atoms with Crippen LogP contribution in [0.5, 0.6) is 11.5 Å². The Balaban J connectivity index is 0.000000505. The summed E-state index contributed by atoms with van der Waals surface area (Å²) >= 11 is 0. The van der Waals surface area contributed by atoms with Gasteiger partial charge in [-0.15, -0.1) is 0 Å². The maximum absolute atomic E-state index is 12.6. The van der Waals surface area contributed by atoms with Gasteiger partial charge in [0.2, 0.25) is 0 Å². The van der Waals surface area contributed by atoms with E-state index in [1.165, 1.54) is 5.56 Å². The van der Waals surface area contributed by atoms with Crippen molar-refractivity contribution in [1.82, 2.24) is 15.4 Å². The number of halogens is 3. The zero-order chi connectivity index (χ0) is 28.3. The van der Waals surface area contributed by atoms with Gasteiger partial charge in [-0.2, -0.15) is 13.2 Å². The number of urea groups is 1. The van der Waals surface area contributed by atoms with Crippen LogP contribution in [0.1, 0.15) is 42.7 Å². The number of methoxy groups -OCH3 is 2. The molecule has 2 heterocycles. The topological polar surface area (TPSA) is 126 Å². The maximum Gasteiger partial charge on any atom is 0.490 e. The van der Waals surface area contributed by atoms with Gasteiger partial charge in [0.1, 0.15) is 11.4 Å². The lowest BCUT2D eigenvalue weighted by Crippen LogP contribution is -2.52. The van der Waals surface area contributed by atoms with Gasteiger partial charge in [-0.3, -0.25) is 0 Å². The number of hydrogen-bond acceptors (Lipinski definition) is 7. The molecule has 1 saturated carbocycles. The molecular weight excluding hydrogens is 509 g/mol. The first-order valence-corrected chi connectivity index (χ1v) is 12.1. The van der Waals surface area contributed by atoms with E-state index in [2.05, 4.69) is 39.9 Å². The van der Waals surface area contributed by atoms with Crippen molar-refractivity contribution in [3.8, 4) is 11.5 Å². The molecule has 0 bridgehead atoms. The Hall–Kier alpha value is -3.48. The number of rotatable bonds is 5. The van der Waals surface area contributed by atoms with Crippen molar-refractivity contribution in [3.63, 3.8) is 0 Å². The average Bonchev–Trinajstić information content (AvgIpc) is 3.37.